The first-order chi connectivity index (χ1) is 9.79. The maximum absolute atomic E-state index is 12.7. The van der Waals surface area contributed by atoms with Gasteiger partial charge in [-0.25, -0.2) is 22.0 Å². The lowest BCUT2D eigenvalue weighted by Crippen LogP contribution is -2.67. The molecule has 15 heteroatoms. The van der Waals surface area contributed by atoms with Gasteiger partial charge in [-0.05, 0) is 0 Å². The number of alkyl halides is 15. The second-order valence-corrected chi connectivity index (χ2v) is 4.03. The van der Waals surface area contributed by atoms with Crippen LogP contribution in [0.3, 0.4) is 0 Å². The SMILES string of the molecule is FC(F)C(F)(F)C(F)(F)C(F)C(F)(F)C(F)(F)C(F)(F)C(F)F. The number of halogens is 15. The minimum absolute atomic E-state index is 5.56. The Morgan fingerprint density at radius 3 is 0.957 bits per heavy atom. The molecule has 0 fully saturated rings. The topological polar surface area (TPSA) is 0 Å². The monoisotopic (exact) mass is 384 g/mol. The summed E-state index contributed by atoms with van der Waals surface area (Å²) in [6.45, 7) is 0. The molecule has 0 saturated heterocycles. The fourth-order valence-corrected chi connectivity index (χ4v) is 1.06. The van der Waals surface area contributed by atoms with Crippen molar-refractivity contribution in [2.24, 2.45) is 0 Å². The molecule has 0 aromatic heterocycles. The van der Waals surface area contributed by atoms with E-state index in [4.69, 9.17) is 0 Å². The molecule has 0 spiro atoms. The van der Waals surface area contributed by atoms with Gasteiger partial charge in [0.2, 0.25) is 6.17 Å². The van der Waals surface area contributed by atoms with E-state index in [1.807, 2.05) is 0 Å². The van der Waals surface area contributed by atoms with Crippen molar-refractivity contribution in [2.75, 3.05) is 0 Å². The van der Waals surface area contributed by atoms with E-state index >= 15 is 0 Å². The Bertz CT molecular complexity index is 410. The number of hydrogen-bond acceptors (Lipinski definition) is 0. The molecule has 0 aromatic rings. The van der Waals surface area contributed by atoms with Crippen molar-refractivity contribution in [1.29, 1.82) is 0 Å². The molecule has 0 aromatic carbocycles. The fourth-order valence-electron chi connectivity index (χ4n) is 1.06. The highest BCUT2D eigenvalue weighted by Crippen LogP contribution is 2.55. The highest BCUT2D eigenvalue weighted by Gasteiger charge is 2.84. The van der Waals surface area contributed by atoms with E-state index in [2.05, 4.69) is 0 Å². The number of rotatable bonds is 7. The molecule has 1 atom stereocenters. The Morgan fingerprint density at radius 1 is 0.391 bits per heavy atom. The van der Waals surface area contributed by atoms with Crippen LogP contribution >= 0.6 is 0 Å². The zero-order valence-corrected chi connectivity index (χ0v) is 9.90. The van der Waals surface area contributed by atoms with Gasteiger partial charge in [0, 0.05) is 0 Å². The summed E-state index contributed by atoms with van der Waals surface area (Å²) in [6.07, 6.45) is -17.5. The zero-order valence-electron chi connectivity index (χ0n) is 9.90. The van der Waals surface area contributed by atoms with Crippen LogP contribution in [0, 0.1) is 0 Å². The highest BCUT2D eigenvalue weighted by atomic mass is 19.4. The second-order valence-electron chi connectivity index (χ2n) is 4.03. The molecule has 0 saturated carbocycles. The highest BCUT2D eigenvalue weighted by molar-refractivity contribution is 5.08. The van der Waals surface area contributed by atoms with Crippen molar-refractivity contribution in [3.8, 4) is 0 Å². The van der Waals surface area contributed by atoms with Gasteiger partial charge in [0.25, 0.3) is 0 Å². The molecule has 0 aliphatic heterocycles. The predicted molar refractivity (Wildman–Crippen MR) is 41.6 cm³/mol. The average molecular weight is 384 g/mol. The fraction of sp³-hybridized carbons (Fsp3) is 1.00. The van der Waals surface area contributed by atoms with Crippen molar-refractivity contribution < 1.29 is 65.9 Å². The summed E-state index contributed by atoms with van der Waals surface area (Å²) in [4.78, 5) is 0. The Balaban J connectivity index is 6.03. The summed E-state index contributed by atoms with van der Waals surface area (Å²) in [5.74, 6) is -36.5. The third-order valence-corrected chi connectivity index (χ3v) is 2.47. The molecule has 0 heterocycles. The van der Waals surface area contributed by atoms with E-state index in [1.54, 1.807) is 0 Å². The van der Waals surface area contributed by atoms with E-state index in [-0.39, 0.29) is 0 Å². The van der Waals surface area contributed by atoms with Gasteiger partial charge in [0.05, 0.1) is 0 Å². The van der Waals surface area contributed by atoms with Crippen molar-refractivity contribution in [3.63, 3.8) is 0 Å². The van der Waals surface area contributed by atoms with Crippen molar-refractivity contribution in [3.05, 3.63) is 0 Å². The molecule has 0 N–H and O–H groups in total. The van der Waals surface area contributed by atoms with E-state index in [1.165, 1.54) is 0 Å². The molecular formula is C8H3F15. The molecule has 0 aliphatic carbocycles. The molecular weight excluding hydrogens is 381 g/mol. The Morgan fingerprint density at radius 2 is 0.696 bits per heavy atom. The Kier molecular flexibility index (Phi) is 5.53. The largest absolute Gasteiger partial charge is 0.381 e. The van der Waals surface area contributed by atoms with Crippen LogP contribution in [0.4, 0.5) is 65.9 Å². The third-order valence-electron chi connectivity index (χ3n) is 2.47. The second kappa shape index (κ2) is 5.79. The Hall–Kier alpha value is -1.05. The third kappa shape index (κ3) is 3.02. The van der Waals surface area contributed by atoms with Gasteiger partial charge in [-0.15, -0.1) is 0 Å². The van der Waals surface area contributed by atoms with E-state index < -0.39 is 48.6 Å². The van der Waals surface area contributed by atoms with E-state index in [0.29, 0.717) is 0 Å². The zero-order chi connectivity index (χ0) is 19.2. The van der Waals surface area contributed by atoms with Crippen molar-refractivity contribution >= 4 is 0 Å². The van der Waals surface area contributed by atoms with Crippen LogP contribution in [0.25, 0.3) is 0 Å². The molecule has 0 radical (unpaired) electrons. The minimum atomic E-state index is -7.60. The first kappa shape index (κ1) is 21.9. The van der Waals surface area contributed by atoms with Gasteiger partial charge >= 0.3 is 42.5 Å². The first-order valence-corrected chi connectivity index (χ1v) is 4.89. The summed E-state index contributed by atoms with van der Waals surface area (Å²) >= 11 is 0. The molecule has 0 nitrogen and oxygen atoms in total. The van der Waals surface area contributed by atoms with Crippen LogP contribution in [0.1, 0.15) is 0 Å². The van der Waals surface area contributed by atoms with Gasteiger partial charge in [0.15, 0.2) is 0 Å². The van der Waals surface area contributed by atoms with Gasteiger partial charge in [0.1, 0.15) is 0 Å². The lowest BCUT2D eigenvalue weighted by atomic mass is 9.93. The van der Waals surface area contributed by atoms with Gasteiger partial charge in [-0.3, -0.25) is 0 Å². The van der Waals surface area contributed by atoms with Gasteiger partial charge in [-0.2, -0.15) is 43.9 Å². The van der Waals surface area contributed by atoms with Gasteiger partial charge < -0.3 is 0 Å². The van der Waals surface area contributed by atoms with Gasteiger partial charge in [-0.1, -0.05) is 0 Å². The average Bonchev–Trinajstić information content (AvgIpc) is 2.36. The van der Waals surface area contributed by atoms with Crippen LogP contribution in [0.15, 0.2) is 0 Å². The van der Waals surface area contributed by atoms with E-state index in [9.17, 15) is 65.9 Å². The lowest BCUT2D eigenvalue weighted by molar-refractivity contribution is -0.382. The molecule has 0 amide bonds. The summed E-state index contributed by atoms with van der Waals surface area (Å²) < 4.78 is 184. The summed E-state index contributed by atoms with van der Waals surface area (Å²) in [7, 11) is 0. The van der Waals surface area contributed by atoms with Crippen LogP contribution in [0.5, 0.6) is 0 Å². The van der Waals surface area contributed by atoms with Crippen molar-refractivity contribution in [2.45, 2.75) is 48.6 Å². The van der Waals surface area contributed by atoms with Crippen LogP contribution in [-0.2, 0) is 0 Å². The molecule has 0 bridgehead atoms. The number of hydrogen-bond donors (Lipinski definition) is 0. The Labute approximate surface area is 116 Å². The molecule has 140 valence electrons. The van der Waals surface area contributed by atoms with Crippen LogP contribution in [-0.4, -0.2) is 48.6 Å². The summed E-state index contributed by atoms with van der Waals surface area (Å²) in [5.41, 5.74) is 0. The predicted octanol–water partition coefficient (Wildman–Crippen LogP) is 5.03. The van der Waals surface area contributed by atoms with Crippen LogP contribution < -0.4 is 0 Å². The van der Waals surface area contributed by atoms with Crippen LogP contribution in [0.2, 0.25) is 0 Å². The maximum atomic E-state index is 12.7. The lowest BCUT2D eigenvalue weighted by Gasteiger charge is -2.37. The molecule has 23 heavy (non-hydrogen) atoms. The summed E-state index contributed by atoms with van der Waals surface area (Å²) in [5, 5.41) is 0. The first-order valence-electron chi connectivity index (χ1n) is 4.89. The molecule has 0 aliphatic rings. The minimum Gasteiger partial charge on any atom is -0.234 e. The molecule has 0 rings (SSSR count). The molecule has 1 unspecified atom stereocenters. The summed E-state index contributed by atoms with van der Waals surface area (Å²) in [6, 6.07) is 0. The normalized spacial score (nSPS) is 17.1. The quantitative estimate of drug-likeness (QED) is 0.541. The standard InChI is InChI=1S/C8H3F15/c9-1(4(14,15)6(18,19)2(10)11)5(16,17)8(22,23)7(20,21)3(12)13/h1-3H. The van der Waals surface area contributed by atoms with Crippen molar-refractivity contribution in [1.82, 2.24) is 0 Å². The smallest absolute Gasteiger partial charge is 0.234 e. The maximum Gasteiger partial charge on any atom is 0.381 e. The van der Waals surface area contributed by atoms with E-state index in [0.717, 1.165) is 0 Å².